The molecule has 1 aromatic rings. The fraction of sp³-hybridized carbons (Fsp3) is 0.462. The Kier molecular flexibility index (Phi) is 5.18. The predicted octanol–water partition coefficient (Wildman–Crippen LogP) is 1.77. The largest absolute Gasteiger partial charge is 0.343 e. The molecule has 1 heterocycles. The SMILES string of the molecule is O=C1CCCN1CCCNS(=O)(=O)c1ccc(F)c(Cl)c1. The smallest absolute Gasteiger partial charge is 0.240 e. The van der Waals surface area contributed by atoms with Gasteiger partial charge in [-0.05, 0) is 31.0 Å². The van der Waals surface area contributed by atoms with E-state index in [-0.39, 0.29) is 22.4 Å². The molecule has 0 aromatic heterocycles. The molecule has 0 radical (unpaired) electrons. The summed E-state index contributed by atoms with van der Waals surface area (Å²) in [5.41, 5.74) is 0. The molecular formula is C13H16ClFN2O3S. The van der Waals surface area contributed by atoms with E-state index in [9.17, 15) is 17.6 Å². The molecule has 0 atom stereocenters. The molecule has 1 saturated heterocycles. The van der Waals surface area contributed by atoms with Crippen LogP contribution in [0.1, 0.15) is 19.3 Å². The normalized spacial score (nSPS) is 15.7. The van der Waals surface area contributed by atoms with Gasteiger partial charge >= 0.3 is 0 Å². The number of nitrogens with zero attached hydrogens (tertiary/aromatic N) is 1. The number of sulfonamides is 1. The van der Waals surface area contributed by atoms with E-state index in [0.717, 1.165) is 31.2 Å². The summed E-state index contributed by atoms with van der Waals surface area (Å²) in [7, 11) is -3.71. The topological polar surface area (TPSA) is 66.5 Å². The molecule has 116 valence electrons. The van der Waals surface area contributed by atoms with Gasteiger partial charge in [-0.2, -0.15) is 0 Å². The number of hydrogen-bond acceptors (Lipinski definition) is 3. The lowest BCUT2D eigenvalue weighted by molar-refractivity contribution is -0.127. The molecule has 1 aliphatic heterocycles. The molecule has 1 aliphatic rings. The van der Waals surface area contributed by atoms with Gasteiger partial charge in [-0.3, -0.25) is 4.79 Å². The number of hydrogen-bond donors (Lipinski definition) is 1. The molecule has 0 unspecified atom stereocenters. The van der Waals surface area contributed by atoms with Crippen molar-refractivity contribution in [1.82, 2.24) is 9.62 Å². The number of likely N-dealkylation sites (tertiary alicyclic amines) is 1. The zero-order chi connectivity index (χ0) is 15.5. The minimum absolute atomic E-state index is 0.0776. The van der Waals surface area contributed by atoms with Crippen LogP contribution in [0.5, 0.6) is 0 Å². The molecule has 0 spiro atoms. The lowest BCUT2D eigenvalue weighted by atomic mass is 10.3. The number of benzene rings is 1. The number of rotatable bonds is 6. The molecule has 2 rings (SSSR count). The second-order valence-electron chi connectivity index (χ2n) is 4.81. The molecular weight excluding hydrogens is 319 g/mol. The summed E-state index contributed by atoms with van der Waals surface area (Å²) in [6.07, 6.45) is 1.96. The summed E-state index contributed by atoms with van der Waals surface area (Å²) < 4.78 is 39.4. The monoisotopic (exact) mass is 334 g/mol. The van der Waals surface area contributed by atoms with Crippen molar-refractivity contribution in [3.63, 3.8) is 0 Å². The summed E-state index contributed by atoms with van der Waals surface area (Å²) in [4.78, 5) is 13.0. The average Bonchev–Trinajstić information content (AvgIpc) is 2.83. The van der Waals surface area contributed by atoms with Crippen LogP contribution in [0.15, 0.2) is 23.1 Å². The fourth-order valence-electron chi connectivity index (χ4n) is 2.14. The fourth-order valence-corrected chi connectivity index (χ4v) is 3.49. The molecule has 1 N–H and O–H groups in total. The van der Waals surface area contributed by atoms with Gasteiger partial charge in [0.1, 0.15) is 5.82 Å². The highest BCUT2D eigenvalue weighted by molar-refractivity contribution is 7.89. The van der Waals surface area contributed by atoms with Crippen molar-refractivity contribution >= 4 is 27.5 Å². The zero-order valence-corrected chi connectivity index (χ0v) is 12.9. The molecule has 5 nitrogen and oxygen atoms in total. The maximum atomic E-state index is 13.0. The van der Waals surface area contributed by atoms with E-state index in [2.05, 4.69) is 4.72 Å². The summed E-state index contributed by atoms with van der Waals surface area (Å²) >= 11 is 5.57. The van der Waals surface area contributed by atoms with E-state index in [1.54, 1.807) is 4.90 Å². The van der Waals surface area contributed by atoms with E-state index in [1.807, 2.05) is 0 Å². The summed E-state index contributed by atoms with van der Waals surface area (Å²) in [5.74, 6) is -0.550. The lowest BCUT2D eigenvalue weighted by Gasteiger charge is -2.15. The van der Waals surface area contributed by atoms with Gasteiger partial charge in [-0.25, -0.2) is 17.5 Å². The molecule has 1 fully saturated rings. The first kappa shape index (κ1) is 16.2. The maximum Gasteiger partial charge on any atom is 0.240 e. The number of carbonyl (C=O) groups is 1. The molecule has 0 bridgehead atoms. The van der Waals surface area contributed by atoms with Crippen LogP contribution in [0.3, 0.4) is 0 Å². The maximum absolute atomic E-state index is 13.0. The Morgan fingerprint density at radius 3 is 2.76 bits per heavy atom. The van der Waals surface area contributed by atoms with Crippen LogP contribution in [0.2, 0.25) is 5.02 Å². The van der Waals surface area contributed by atoms with Crippen LogP contribution in [-0.2, 0) is 14.8 Å². The van der Waals surface area contributed by atoms with E-state index in [0.29, 0.717) is 19.4 Å². The average molecular weight is 335 g/mol. The van der Waals surface area contributed by atoms with Gasteiger partial charge in [0.05, 0.1) is 9.92 Å². The third-order valence-electron chi connectivity index (χ3n) is 3.27. The van der Waals surface area contributed by atoms with Gasteiger partial charge in [-0.1, -0.05) is 11.6 Å². The van der Waals surface area contributed by atoms with Gasteiger partial charge in [0.15, 0.2) is 0 Å². The minimum atomic E-state index is -3.71. The highest BCUT2D eigenvalue weighted by atomic mass is 35.5. The van der Waals surface area contributed by atoms with E-state index >= 15 is 0 Å². The summed E-state index contributed by atoms with van der Waals surface area (Å²) in [5, 5.41) is -0.236. The van der Waals surface area contributed by atoms with Crippen LogP contribution in [0.25, 0.3) is 0 Å². The molecule has 1 aromatic carbocycles. The number of amides is 1. The first-order valence-electron chi connectivity index (χ1n) is 6.62. The third-order valence-corrected chi connectivity index (χ3v) is 5.02. The van der Waals surface area contributed by atoms with E-state index in [4.69, 9.17) is 11.6 Å². The Balaban J connectivity index is 1.86. The van der Waals surface area contributed by atoms with Crippen molar-refractivity contribution in [2.75, 3.05) is 19.6 Å². The molecule has 1 amide bonds. The van der Waals surface area contributed by atoms with E-state index < -0.39 is 15.8 Å². The van der Waals surface area contributed by atoms with Crippen molar-refractivity contribution in [3.05, 3.63) is 29.0 Å². The Bertz CT molecular complexity index is 636. The van der Waals surface area contributed by atoms with Gasteiger partial charge in [-0.15, -0.1) is 0 Å². The second-order valence-corrected chi connectivity index (χ2v) is 6.99. The van der Waals surface area contributed by atoms with Gasteiger partial charge in [0.2, 0.25) is 15.9 Å². The number of nitrogens with one attached hydrogen (secondary N) is 1. The summed E-state index contributed by atoms with van der Waals surface area (Å²) in [6.45, 7) is 1.48. The van der Waals surface area contributed by atoms with E-state index in [1.165, 1.54) is 0 Å². The van der Waals surface area contributed by atoms with Gasteiger partial charge < -0.3 is 4.90 Å². The molecule has 8 heteroatoms. The summed E-state index contributed by atoms with van der Waals surface area (Å²) in [6, 6.07) is 3.25. The molecule has 21 heavy (non-hydrogen) atoms. The van der Waals surface area contributed by atoms with Crippen LogP contribution in [-0.4, -0.2) is 38.9 Å². The van der Waals surface area contributed by atoms with Crippen LogP contribution in [0.4, 0.5) is 4.39 Å². The highest BCUT2D eigenvalue weighted by Crippen LogP contribution is 2.19. The van der Waals surface area contributed by atoms with Crippen molar-refractivity contribution < 1.29 is 17.6 Å². The molecule has 0 aliphatic carbocycles. The number of halogens is 2. The van der Waals surface area contributed by atoms with Crippen molar-refractivity contribution in [2.45, 2.75) is 24.2 Å². The standard InChI is InChI=1S/C13H16ClFN2O3S/c14-11-9-10(4-5-12(11)15)21(19,20)16-6-2-8-17-7-1-3-13(17)18/h4-5,9,16H,1-3,6-8H2. The van der Waals surface area contributed by atoms with Crippen molar-refractivity contribution in [2.24, 2.45) is 0 Å². The van der Waals surface area contributed by atoms with Crippen LogP contribution >= 0.6 is 11.6 Å². The van der Waals surface area contributed by atoms with Gasteiger partial charge in [0, 0.05) is 26.1 Å². The first-order valence-corrected chi connectivity index (χ1v) is 8.49. The number of carbonyl (C=O) groups excluding carboxylic acids is 1. The van der Waals surface area contributed by atoms with Crippen molar-refractivity contribution in [3.8, 4) is 0 Å². The lowest BCUT2D eigenvalue weighted by Crippen LogP contribution is -2.30. The zero-order valence-electron chi connectivity index (χ0n) is 11.3. The van der Waals surface area contributed by atoms with Crippen LogP contribution in [0, 0.1) is 5.82 Å². The van der Waals surface area contributed by atoms with Crippen LogP contribution < -0.4 is 4.72 Å². The quantitative estimate of drug-likeness (QED) is 0.806. The minimum Gasteiger partial charge on any atom is -0.343 e. The Morgan fingerprint density at radius 2 is 2.14 bits per heavy atom. The highest BCUT2D eigenvalue weighted by Gasteiger charge is 2.20. The Labute approximate surface area is 128 Å². The van der Waals surface area contributed by atoms with Gasteiger partial charge in [0.25, 0.3) is 0 Å². The Morgan fingerprint density at radius 1 is 1.38 bits per heavy atom. The third kappa shape index (κ3) is 4.15. The predicted molar refractivity (Wildman–Crippen MR) is 77.0 cm³/mol. The Hall–Kier alpha value is -1.18. The first-order chi connectivity index (χ1) is 9.90. The second kappa shape index (κ2) is 6.72. The van der Waals surface area contributed by atoms with Crippen molar-refractivity contribution in [1.29, 1.82) is 0 Å². The molecule has 0 saturated carbocycles.